The fourth-order valence-corrected chi connectivity index (χ4v) is 4.39. The molecule has 1 aromatic heterocycles. The number of aromatic nitrogens is 2. The third kappa shape index (κ3) is 3.37. The van der Waals surface area contributed by atoms with Crippen molar-refractivity contribution in [1.29, 1.82) is 0 Å². The first-order chi connectivity index (χ1) is 15.4. The molecule has 32 heavy (non-hydrogen) atoms. The minimum atomic E-state index is -0.566. The molecule has 1 aliphatic heterocycles. The molecule has 1 fully saturated rings. The number of carbonyl (C=O) groups is 2. The Hall–Kier alpha value is -3.81. The van der Waals surface area contributed by atoms with E-state index in [0.717, 1.165) is 25.1 Å². The van der Waals surface area contributed by atoms with E-state index < -0.39 is 5.91 Å². The molecule has 7 nitrogen and oxygen atoms in total. The summed E-state index contributed by atoms with van der Waals surface area (Å²) in [5, 5.41) is 0. The summed E-state index contributed by atoms with van der Waals surface area (Å²) < 4.78 is 14.1. The molecule has 2 aliphatic rings. The molecule has 0 unspecified atom stereocenters. The van der Waals surface area contributed by atoms with E-state index in [0.29, 0.717) is 22.6 Å². The summed E-state index contributed by atoms with van der Waals surface area (Å²) in [6, 6.07) is 12.1. The maximum Gasteiger partial charge on any atom is 0.254 e. The molecule has 0 radical (unpaired) electrons. The zero-order valence-electron chi connectivity index (χ0n) is 17.6. The molecule has 2 amide bonds. The number of primary amides is 1. The molecule has 1 aliphatic carbocycles. The van der Waals surface area contributed by atoms with Crippen LogP contribution in [0.3, 0.4) is 0 Å². The summed E-state index contributed by atoms with van der Waals surface area (Å²) in [4.78, 5) is 36.3. The number of benzene rings is 2. The van der Waals surface area contributed by atoms with E-state index in [-0.39, 0.29) is 23.7 Å². The van der Waals surface area contributed by atoms with Crippen molar-refractivity contribution in [1.82, 2.24) is 14.9 Å². The van der Waals surface area contributed by atoms with Gasteiger partial charge in [0.2, 0.25) is 11.9 Å². The van der Waals surface area contributed by atoms with Crippen LogP contribution < -0.4 is 10.6 Å². The van der Waals surface area contributed by atoms with Crippen LogP contribution in [-0.4, -0.2) is 46.8 Å². The van der Waals surface area contributed by atoms with Gasteiger partial charge in [0.15, 0.2) is 0 Å². The number of carbonyl (C=O) groups excluding carboxylic acids is 2. The molecule has 1 saturated carbocycles. The van der Waals surface area contributed by atoms with Gasteiger partial charge in [0.05, 0.1) is 6.54 Å². The predicted molar refractivity (Wildman–Crippen MR) is 118 cm³/mol. The van der Waals surface area contributed by atoms with E-state index in [1.165, 1.54) is 16.5 Å². The van der Waals surface area contributed by atoms with Crippen LogP contribution in [-0.2, 0) is 10.2 Å². The van der Waals surface area contributed by atoms with Crippen LogP contribution in [0, 0.1) is 5.82 Å². The normalized spacial score (nSPS) is 15.5. The number of hydrogen-bond acceptors (Lipinski definition) is 5. The second kappa shape index (κ2) is 7.40. The summed E-state index contributed by atoms with van der Waals surface area (Å²) in [6.07, 6.45) is 5.37. The lowest BCUT2D eigenvalue weighted by molar-refractivity contribution is -0.118. The first-order valence-corrected chi connectivity index (χ1v) is 10.4. The molecule has 1 spiro atoms. The topological polar surface area (TPSA) is 92.4 Å². The number of likely N-dealkylation sites (N-methyl/N-ethyl adjacent to an activating group) is 1. The predicted octanol–water partition coefficient (Wildman–Crippen LogP) is 3.02. The van der Waals surface area contributed by atoms with Gasteiger partial charge in [0, 0.05) is 53.8 Å². The van der Waals surface area contributed by atoms with Gasteiger partial charge in [-0.25, -0.2) is 14.4 Å². The van der Waals surface area contributed by atoms with Gasteiger partial charge < -0.3 is 15.5 Å². The first kappa shape index (κ1) is 20.1. The van der Waals surface area contributed by atoms with Gasteiger partial charge in [-0.05, 0) is 36.6 Å². The van der Waals surface area contributed by atoms with E-state index in [1.54, 1.807) is 43.7 Å². The van der Waals surface area contributed by atoms with E-state index in [4.69, 9.17) is 5.73 Å². The third-order valence-corrected chi connectivity index (χ3v) is 6.23. The van der Waals surface area contributed by atoms with Crippen LogP contribution in [0.4, 0.5) is 16.0 Å². The summed E-state index contributed by atoms with van der Waals surface area (Å²) in [7, 11) is 1.55. The van der Waals surface area contributed by atoms with Gasteiger partial charge in [-0.1, -0.05) is 24.3 Å². The Morgan fingerprint density at radius 1 is 1.16 bits per heavy atom. The zero-order chi connectivity index (χ0) is 22.5. The van der Waals surface area contributed by atoms with Crippen molar-refractivity contribution < 1.29 is 14.0 Å². The minimum Gasteiger partial charge on any atom is -0.368 e. The van der Waals surface area contributed by atoms with Crippen LogP contribution in [0.2, 0.25) is 0 Å². The van der Waals surface area contributed by atoms with Crippen molar-refractivity contribution in [2.45, 2.75) is 18.3 Å². The Labute approximate surface area is 184 Å². The van der Waals surface area contributed by atoms with Crippen molar-refractivity contribution >= 4 is 23.5 Å². The number of hydrogen-bond donors (Lipinski definition) is 1. The fraction of sp³-hybridized carbons (Fsp3) is 0.250. The Morgan fingerprint density at radius 2 is 1.88 bits per heavy atom. The van der Waals surface area contributed by atoms with E-state index >= 15 is 0 Å². The van der Waals surface area contributed by atoms with Gasteiger partial charge in [-0.2, -0.15) is 0 Å². The molecular weight excluding hydrogens is 409 g/mol. The molecule has 2 N–H and O–H groups in total. The van der Waals surface area contributed by atoms with Crippen molar-refractivity contribution in [3.63, 3.8) is 0 Å². The largest absolute Gasteiger partial charge is 0.368 e. The van der Waals surface area contributed by atoms with Crippen LogP contribution in [0.15, 0.2) is 54.9 Å². The highest BCUT2D eigenvalue weighted by Crippen LogP contribution is 2.57. The average molecular weight is 431 g/mol. The van der Waals surface area contributed by atoms with Gasteiger partial charge in [0.1, 0.15) is 5.82 Å². The highest BCUT2D eigenvalue weighted by Gasteiger charge is 2.52. The van der Waals surface area contributed by atoms with Gasteiger partial charge >= 0.3 is 0 Å². The van der Waals surface area contributed by atoms with E-state index in [1.807, 2.05) is 17.0 Å². The quantitative estimate of drug-likeness (QED) is 0.670. The molecular formula is C24H22FN5O2. The molecule has 2 heterocycles. The molecule has 0 saturated heterocycles. The molecule has 3 aromatic rings. The highest BCUT2D eigenvalue weighted by atomic mass is 19.1. The first-order valence-electron chi connectivity index (χ1n) is 10.4. The van der Waals surface area contributed by atoms with Crippen molar-refractivity contribution in [3.8, 4) is 11.1 Å². The standard InChI is InChI=1S/C24H22FN5O2/c1-29(13-21(26)31)22(32)15-6-7-18-20(10-15)30(14-24(18)8-9-24)23-27-11-16(12-28-23)17-4-2-3-5-19(17)25/h2-7,10-12H,8-9,13-14H2,1H3,(H2,26,31). The Kier molecular flexibility index (Phi) is 4.65. The second-order valence-electron chi connectivity index (χ2n) is 8.48. The minimum absolute atomic E-state index is 0.0591. The number of rotatable bonds is 5. The van der Waals surface area contributed by atoms with Gasteiger partial charge in [0.25, 0.3) is 5.91 Å². The zero-order valence-corrected chi connectivity index (χ0v) is 17.6. The number of nitrogens with zero attached hydrogens (tertiary/aromatic N) is 4. The summed E-state index contributed by atoms with van der Waals surface area (Å²) in [5.41, 5.74) is 8.87. The number of fused-ring (bicyclic) bond motifs is 2. The van der Waals surface area contributed by atoms with Crippen molar-refractivity contribution in [2.24, 2.45) is 5.73 Å². The number of anilines is 2. The number of nitrogens with two attached hydrogens (primary N) is 1. The monoisotopic (exact) mass is 431 g/mol. The Balaban J connectivity index is 1.48. The number of amides is 2. The van der Waals surface area contributed by atoms with Crippen LogP contribution in [0.25, 0.3) is 11.1 Å². The van der Waals surface area contributed by atoms with Gasteiger partial charge in [-0.3, -0.25) is 9.59 Å². The second-order valence-corrected chi connectivity index (χ2v) is 8.48. The third-order valence-electron chi connectivity index (χ3n) is 6.23. The lowest BCUT2D eigenvalue weighted by Gasteiger charge is -2.19. The molecule has 8 heteroatoms. The maximum absolute atomic E-state index is 14.1. The van der Waals surface area contributed by atoms with Crippen molar-refractivity contribution in [2.75, 3.05) is 25.0 Å². The van der Waals surface area contributed by atoms with Crippen molar-refractivity contribution in [3.05, 3.63) is 71.8 Å². The molecule has 5 rings (SSSR count). The summed E-state index contributed by atoms with van der Waals surface area (Å²) in [6.45, 7) is 0.584. The summed E-state index contributed by atoms with van der Waals surface area (Å²) in [5.74, 6) is -0.663. The lowest BCUT2D eigenvalue weighted by Crippen LogP contribution is -2.35. The molecule has 0 atom stereocenters. The van der Waals surface area contributed by atoms with Gasteiger partial charge in [-0.15, -0.1) is 0 Å². The number of halogens is 1. The summed E-state index contributed by atoms with van der Waals surface area (Å²) >= 11 is 0. The Bertz CT molecular complexity index is 1220. The van der Waals surface area contributed by atoms with Crippen LogP contribution >= 0.6 is 0 Å². The fourth-order valence-electron chi connectivity index (χ4n) is 4.39. The van der Waals surface area contributed by atoms with E-state index in [9.17, 15) is 14.0 Å². The Morgan fingerprint density at radius 3 is 2.53 bits per heavy atom. The SMILES string of the molecule is CN(CC(N)=O)C(=O)c1ccc2c(c1)N(c1ncc(-c3ccccc3F)cn1)CC21CC1. The van der Waals surface area contributed by atoms with Crippen LogP contribution in [0.1, 0.15) is 28.8 Å². The maximum atomic E-state index is 14.1. The smallest absolute Gasteiger partial charge is 0.254 e. The molecule has 162 valence electrons. The van der Waals surface area contributed by atoms with E-state index in [2.05, 4.69) is 9.97 Å². The average Bonchev–Trinajstić information content (AvgIpc) is 3.50. The molecule has 2 aromatic carbocycles. The van der Waals surface area contributed by atoms with Crippen LogP contribution in [0.5, 0.6) is 0 Å². The molecule has 0 bridgehead atoms. The highest BCUT2D eigenvalue weighted by molar-refractivity contribution is 5.97. The lowest BCUT2D eigenvalue weighted by atomic mass is 9.97.